The molecule has 0 spiro atoms. The Labute approximate surface area is 138 Å². The summed E-state index contributed by atoms with van der Waals surface area (Å²) in [5, 5.41) is 7.11. The van der Waals surface area contributed by atoms with Crippen LogP contribution in [0.5, 0.6) is 5.88 Å². The molecular formula is C14H11F3N6O2. The van der Waals surface area contributed by atoms with Crippen LogP contribution >= 0.6 is 0 Å². The molecule has 3 aromatic rings. The Morgan fingerprint density at radius 2 is 2.00 bits per heavy atom. The Balaban J connectivity index is 2.09. The minimum absolute atomic E-state index is 0.0676. The van der Waals surface area contributed by atoms with E-state index in [2.05, 4.69) is 20.4 Å². The molecule has 11 heteroatoms. The molecular weight excluding hydrogens is 341 g/mol. The normalized spacial score (nSPS) is 11.5. The van der Waals surface area contributed by atoms with Crippen molar-refractivity contribution in [2.75, 3.05) is 0 Å². The fourth-order valence-electron chi connectivity index (χ4n) is 2.17. The summed E-state index contributed by atoms with van der Waals surface area (Å²) in [5.41, 5.74) is -1.93. The molecule has 25 heavy (non-hydrogen) atoms. The minimum Gasteiger partial charge on any atom is -0.473 e. The van der Waals surface area contributed by atoms with Gasteiger partial charge in [0.2, 0.25) is 5.88 Å². The minimum atomic E-state index is -4.63. The van der Waals surface area contributed by atoms with Gasteiger partial charge in [0.1, 0.15) is 12.9 Å². The van der Waals surface area contributed by atoms with Crippen LogP contribution in [0.15, 0.2) is 41.6 Å². The molecule has 130 valence electrons. The third-order valence-corrected chi connectivity index (χ3v) is 3.33. The van der Waals surface area contributed by atoms with Crippen molar-refractivity contribution in [3.05, 3.63) is 58.4 Å². The van der Waals surface area contributed by atoms with Crippen molar-refractivity contribution in [1.29, 1.82) is 0 Å². The van der Waals surface area contributed by atoms with Crippen molar-refractivity contribution in [3.8, 4) is 11.6 Å². The van der Waals surface area contributed by atoms with Crippen molar-refractivity contribution in [2.24, 2.45) is 7.05 Å². The van der Waals surface area contributed by atoms with Crippen LogP contribution in [0.2, 0.25) is 0 Å². The van der Waals surface area contributed by atoms with Crippen molar-refractivity contribution in [3.63, 3.8) is 0 Å². The topological polar surface area (TPSA) is 87.7 Å². The van der Waals surface area contributed by atoms with E-state index in [0.717, 1.165) is 15.4 Å². The summed E-state index contributed by atoms with van der Waals surface area (Å²) in [5.74, 6) is 0.101. The van der Waals surface area contributed by atoms with Crippen LogP contribution < -0.4 is 10.4 Å². The van der Waals surface area contributed by atoms with Crippen LogP contribution in [-0.2, 0) is 19.8 Å². The van der Waals surface area contributed by atoms with Crippen LogP contribution in [-0.4, -0.2) is 29.8 Å². The Morgan fingerprint density at radius 3 is 2.60 bits per heavy atom. The first-order chi connectivity index (χ1) is 11.9. The Kier molecular flexibility index (Phi) is 4.21. The van der Waals surface area contributed by atoms with Crippen LogP contribution in [0.3, 0.4) is 0 Å². The van der Waals surface area contributed by atoms with Crippen molar-refractivity contribution >= 4 is 0 Å². The van der Waals surface area contributed by atoms with Gasteiger partial charge in [-0.05, 0) is 22.6 Å². The van der Waals surface area contributed by atoms with Gasteiger partial charge in [-0.3, -0.25) is 0 Å². The summed E-state index contributed by atoms with van der Waals surface area (Å²) in [4.78, 5) is 19.5. The summed E-state index contributed by atoms with van der Waals surface area (Å²) in [6, 6.07) is 4.84. The zero-order valence-electron chi connectivity index (χ0n) is 12.8. The molecule has 2 heterocycles. The highest BCUT2D eigenvalue weighted by Crippen LogP contribution is 2.34. The first kappa shape index (κ1) is 16.6. The molecule has 0 aliphatic heterocycles. The van der Waals surface area contributed by atoms with Crippen LogP contribution in [0.25, 0.3) is 5.69 Å². The van der Waals surface area contributed by atoms with Crippen molar-refractivity contribution in [1.82, 2.24) is 29.8 Å². The number of hydrogen-bond acceptors (Lipinski definition) is 6. The number of hydrogen-bond donors (Lipinski definition) is 0. The summed E-state index contributed by atoms with van der Waals surface area (Å²) in [7, 11) is 1.34. The number of nitrogens with zero attached hydrogens (tertiary/aromatic N) is 6. The molecule has 0 radical (unpaired) electrons. The quantitative estimate of drug-likeness (QED) is 0.704. The number of tetrazole rings is 1. The van der Waals surface area contributed by atoms with Gasteiger partial charge in [-0.25, -0.2) is 14.8 Å². The van der Waals surface area contributed by atoms with Gasteiger partial charge in [-0.2, -0.15) is 22.5 Å². The van der Waals surface area contributed by atoms with E-state index in [0.29, 0.717) is 0 Å². The maximum Gasteiger partial charge on any atom is 0.416 e. The van der Waals surface area contributed by atoms with Gasteiger partial charge in [-0.15, -0.1) is 0 Å². The molecule has 0 aliphatic rings. The number of aryl methyl sites for hydroxylation is 1. The standard InChI is InChI=1S/C14H11F3N6O2/c1-22-13(24)23(21-20-22)11-4-2-3-10(14(15,16)17)9(11)7-25-12-5-6-18-8-19-12/h2-6,8H,7H2,1H3. The lowest BCUT2D eigenvalue weighted by molar-refractivity contribution is -0.138. The Hall–Kier alpha value is -3.24. The number of aromatic nitrogens is 6. The van der Waals surface area contributed by atoms with Crippen LogP contribution in [0.1, 0.15) is 11.1 Å². The second-order valence-corrected chi connectivity index (χ2v) is 4.93. The summed E-state index contributed by atoms with van der Waals surface area (Å²) < 4.78 is 47.1. The van der Waals surface area contributed by atoms with Gasteiger partial charge in [0.25, 0.3) is 0 Å². The lowest BCUT2D eigenvalue weighted by Crippen LogP contribution is -2.24. The fraction of sp³-hybridized carbons (Fsp3) is 0.214. The molecule has 0 fully saturated rings. The summed E-state index contributed by atoms with van der Waals surface area (Å²) in [6.07, 6.45) is -2.03. The third-order valence-electron chi connectivity index (χ3n) is 3.33. The molecule has 0 N–H and O–H groups in total. The predicted molar refractivity (Wildman–Crippen MR) is 78.0 cm³/mol. The van der Waals surface area contributed by atoms with E-state index in [4.69, 9.17) is 4.74 Å². The van der Waals surface area contributed by atoms with Crippen LogP contribution in [0, 0.1) is 0 Å². The summed E-state index contributed by atoms with van der Waals surface area (Å²) >= 11 is 0. The molecule has 8 nitrogen and oxygen atoms in total. The van der Waals surface area contributed by atoms with Gasteiger partial charge >= 0.3 is 11.9 Å². The number of alkyl halides is 3. The van der Waals surface area contributed by atoms with Gasteiger partial charge in [0, 0.05) is 24.9 Å². The van der Waals surface area contributed by atoms with E-state index >= 15 is 0 Å². The Morgan fingerprint density at radius 1 is 1.20 bits per heavy atom. The predicted octanol–water partition coefficient (Wildman–Crippen LogP) is 1.35. The molecule has 0 unspecified atom stereocenters. The monoisotopic (exact) mass is 352 g/mol. The number of benzene rings is 1. The lowest BCUT2D eigenvalue weighted by atomic mass is 10.1. The van der Waals surface area contributed by atoms with E-state index in [1.54, 1.807) is 0 Å². The maximum atomic E-state index is 13.4. The smallest absolute Gasteiger partial charge is 0.416 e. The number of rotatable bonds is 4. The second-order valence-electron chi connectivity index (χ2n) is 4.93. The van der Waals surface area contributed by atoms with E-state index in [9.17, 15) is 18.0 Å². The van der Waals surface area contributed by atoms with E-state index in [-0.39, 0.29) is 17.1 Å². The highest BCUT2D eigenvalue weighted by atomic mass is 19.4. The van der Waals surface area contributed by atoms with Gasteiger partial charge in [-0.1, -0.05) is 6.07 Å². The SMILES string of the molecule is Cn1nnn(-c2cccc(C(F)(F)F)c2COc2ccncn2)c1=O. The average molecular weight is 352 g/mol. The zero-order valence-corrected chi connectivity index (χ0v) is 12.8. The first-order valence-corrected chi connectivity index (χ1v) is 6.95. The van der Waals surface area contributed by atoms with Crippen molar-refractivity contribution in [2.45, 2.75) is 12.8 Å². The third kappa shape index (κ3) is 3.34. The molecule has 0 saturated carbocycles. The zero-order chi connectivity index (χ0) is 18.0. The molecule has 0 saturated heterocycles. The van der Waals surface area contributed by atoms with E-state index < -0.39 is 24.0 Å². The van der Waals surface area contributed by atoms with Gasteiger partial charge in [0.05, 0.1) is 11.3 Å². The molecule has 3 rings (SSSR count). The number of halogens is 3. The molecule has 0 atom stereocenters. The lowest BCUT2D eigenvalue weighted by Gasteiger charge is -2.16. The highest BCUT2D eigenvalue weighted by molar-refractivity contribution is 5.46. The Bertz CT molecular complexity index is 936. The maximum absolute atomic E-state index is 13.4. The molecule has 0 bridgehead atoms. The number of ether oxygens (including phenoxy) is 1. The van der Waals surface area contributed by atoms with Gasteiger partial charge < -0.3 is 4.74 Å². The second kappa shape index (κ2) is 6.34. The molecule has 0 amide bonds. The van der Waals surface area contributed by atoms with Crippen LogP contribution in [0.4, 0.5) is 13.2 Å². The van der Waals surface area contributed by atoms with E-state index in [1.807, 2.05) is 0 Å². The van der Waals surface area contributed by atoms with Crippen molar-refractivity contribution < 1.29 is 17.9 Å². The molecule has 1 aromatic carbocycles. The largest absolute Gasteiger partial charge is 0.473 e. The fourth-order valence-corrected chi connectivity index (χ4v) is 2.17. The highest BCUT2D eigenvalue weighted by Gasteiger charge is 2.35. The van der Waals surface area contributed by atoms with E-state index in [1.165, 1.54) is 37.8 Å². The summed E-state index contributed by atoms with van der Waals surface area (Å²) in [6.45, 7) is -0.467. The van der Waals surface area contributed by atoms with Gasteiger partial charge in [0.15, 0.2) is 0 Å². The average Bonchev–Trinajstić information content (AvgIpc) is 2.92. The molecule has 2 aromatic heterocycles. The molecule has 0 aliphatic carbocycles. The first-order valence-electron chi connectivity index (χ1n) is 6.95.